The van der Waals surface area contributed by atoms with Crippen molar-refractivity contribution in [3.05, 3.63) is 24.3 Å². The Balaban J connectivity index is 0. The van der Waals surface area contributed by atoms with E-state index in [1.807, 2.05) is 41.5 Å². The molecule has 2 nitrogen and oxygen atoms in total. The monoisotopic (exact) mass is 208 g/mol. The summed E-state index contributed by atoms with van der Waals surface area (Å²) < 4.78 is 0. The van der Waals surface area contributed by atoms with Crippen molar-refractivity contribution in [3.63, 3.8) is 0 Å². The first kappa shape index (κ1) is 16.3. The minimum absolute atomic E-state index is 0.532. The van der Waals surface area contributed by atoms with Gasteiger partial charge in [0, 0.05) is 0 Å². The van der Waals surface area contributed by atoms with Crippen LogP contribution >= 0.6 is 0 Å². The Morgan fingerprint density at radius 3 is 1.33 bits per heavy atom. The van der Waals surface area contributed by atoms with Gasteiger partial charge in [0.1, 0.15) is 6.67 Å². The highest BCUT2D eigenvalue weighted by Crippen LogP contribution is 2.09. The molecule has 0 aliphatic carbocycles. The maximum Gasteiger partial charge on any atom is 0.130 e. The number of hydrogen-bond donors (Lipinski definition) is 0. The first-order chi connectivity index (χ1) is 7.13. The summed E-state index contributed by atoms with van der Waals surface area (Å²) in [5.41, 5.74) is 3.75. The van der Waals surface area contributed by atoms with Gasteiger partial charge in [-0.05, 0) is 25.0 Å². The molecule has 0 aromatic rings. The number of rotatable bonds is 2. The summed E-state index contributed by atoms with van der Waals surface area (Å²) >= 11 is 0. The van der Waals surface area contributed by atoms with Crippen molar-refractivity contribution in [2.75, 3.05) is 6.67 Å². The number of aliphatic imine (C=N–C) groups is 2. The van der Waals surface area contributed by atoms with Crippen LogP contribution in [-0.4, -0.2) is 18.1 Å². The van der Waals surface area contributed by atoms with Crippen LogP contribution in [0.4, 0.5) is 0 Å². The minimum Gasteiger partial charge on any atom is -0.259 e. The van der Waals surface area contributed by atoms with Gasteiger partial charge >= 0.3 is 0 Å². The van der Waals surface area contributed by atoms with E-state index >= 15 is 0 Å². The molecule has 0 aromatic carbocycles. The van der Waals surface area contributed by atoms with E-state index in [4.69, 9.17) is 0 Å². The Morgan fingerprint density at radius 1 is 0.867 bits per heavy atom. The zero-order valence-corrected chi connectivity index (χ0v) is 11.0. The molecule has 0 amide bonds. The van der Waals surface area contributed by atoms with Crippen molar-refractivity contribution >= 4 is 11.4 Å². The topological polar surface area (TPSA) is 24.7 Å². The van der Waals surface area contributed by atoms with Crippen LogP contribution in [0.3, 0.4) is 0 Å². The van der Waals surface area contributed by atoms with Crippen LogP contribution < -0.4 is 0 Å². The van der Waals surface area contributed by atoms with E-state index in [9.17, 15) is 0 Å². The molecule has 0 unspecified atom stereocenters. The maximum absolute atomic E-state index is 4.19. The van der Waals surface area contributed by atoms with Gasteiger partial charge < -0.3 is 0 Å². The van der Waals surface area contributed by atoms with Gasteiger partial charge in [-0.15, -0.1) is 0 Å². The molecular weight excluding hydrogens is 184 g/mol. The van der Waals surface area contributed by atoms with Crippen LogP contribution in [0, 0.1) is 0 Å². The van der Waals surface area contributed by atoms with Gasteiger partial charge in [-0.3, -0.25) is 9.98 Å². The van der Waals surface area contributed by atoms with E-state index in [1.54, 1.807) is 0 Å². The Labute approximate surface area is 94.5 Å². The van der Waals surface area contributed by atoms with Crippen molar-refractivity contribution in [2.24, 2.45) is 9.98 Å². The summed E-state index contributed by atoms with van der Waals surface area (Å²) in [6.07, 6.45) is 0. The summed E-state index contributed by atoms with van der Waals surface area (Å²) in [5, 5.41) is 0. The predicted molar refractivity (Wildman–Crippen MR) is 72.1 cm³/mol. The lowest BCUT2D eigenvalue weighted by atomic mass is 10.1. The van der Waals surface area contributed by atoms with Crippen molar-refractivity contribution in [1.29, 1.82) is 0 Å². The normalized spacial score (nSPS) is 12.4. The smallest absolute Gasteiger partial charge is 0.130 e. The zero-order chi connectivity index (χ0) is 12.4. The SMILES string of the molecule is C=C(C)C1=NCN=C1C(=C)C.CC.CC. The average molecular weight is 208 g/mol. The summed E-state index contributed by atoms with van der Waals surface area (Å²) in [6, 6.07) is 0. The molecule has 1 heterocycles. The third-order valence-corrected chi connectivity index (χ3v) is 1.49. The Morgan fingerprint density at radius 2 is 1.13 bits per heavy atom. The maximum atomic E-state index is 4.19. The molecule has 1 aliphatic rings. The largest absolute Gasteiger partial charge is 0.259 e. The highest BCUT2D eigenvalue weighted by molar-refractivity contribution is 6.53. The average Bonchev–Trinajstić information content (AvgIpc) is 2.72. The standard InChI is InChI=1S/C9H12N2.2C2H6/c1-6(2)8-9(7(3)4)11-5-10-8;2*1-2/h1,3,5H2,2,4H3;2*1-2H3. The molecule has 0 atom stereocenters. The van der Waals surface area contributed by atoms with Crippen LogP contribution in [0.1, 0.15) is 41.5 Å². The van der Waals surface area contributed by atoms with Crippen molar-refractivity contribution in [1.82, 2.24) is 0 Å². The lowest BCUT2D eigenvalue weighted by Gasteiger charge is -2.02. The van der Waals surface area contributed by atoms with Gasteiger partial charge in [0.05, 0.1) is 11.4 Å². The van der Waals surface area contributed by atoms with Gasteiger partial charge in [0.15, 0.2) is 0 Å². The van der Waals surface area contributed by atoms with Crippen molar-refractivity contribution < 1.29 is 0 Å². The Kier molecular flexibility index (Phi) is 10.2. The van der Waals surface area contributed by atoms with Crippen LogP contribution in [0.15, 0.2) is 34.3 Å². The van der Waals surface area contributed by atoms with Crippen molar-refractivity contribution in [3.8, 4) is 0 Å². The van der Waals surface area contributed by atoms with Crippen LogP contribution in [-0.2, 0) is 0 Å². The second-order valence-corrected chi connectivity index (χ2v) is 2.72. The molecular formula is C13H24N2. The highest BCUT2D eigenvalue weighted by atomic mass is 15.0. The lowest BCUT2D eigenvalue weighted by molar-refractivity contribution is 1.10. The Bertz CT molecular complexity index is 242. The van der Waals surface area contributed by atoms with E-state index in [0.717, 1.165) is 22.6 Å². The quantitative estimate of drug-likeness (QED) is 0.654. The van der Waals surface area contributed by atoms with Gasteiger partial charge in [-0.25, -0.2) is 0 Å². The number of nitrogens with zero attached hydrogens (tertiary/aromatic N) is 2. The molecule has 0 N–H and O–H groups in total. The van der Waals surface area contributed by atoms with Crippen molar-refractivity contribution in [2.45, 2.75) is 41.5 Å². The first-order valence-electron chi connectivity index (χ1n) is 5.54. The van der Waals surface area contributed by atoms with Crippen LogP contribution in [0.2, 0.25) is 0 Å². The fourth-order valence-corrected chi connectivity index (χ4v) is 1.00. The summed E-state index contributed by atoms with van der Waals surface area (Å²) in [7, 11) is 0. The fraction of sp³-hybridized carbons (Fsp3) is 0.538. The molecule has 15 heavy (non-hydrogen) atoms. The van der Waals surface area contributed by atoms with E-state index in [1.165, 1.54) is 0 Å². The second-order valence-electron chi connectivity index (χ2n) is 2.72. The molecule has 1 aliphatic heterocycles. The predicted octanol–water partition coefficient (Wildman–Crippen LogP) is 4.04. The van der Waals surface area contributed by atoms with E-state index < -0.39 is 0 Å². The molecule has 0 fully saturated rings. The van der Waals surface area contributed by atoms with Gasteiger partial charge in [0.25, 0.3) is 0 Å². The molecule has 0 spiro atoms. The van der Waals surface area contributed by atoms with Crippen LogP contribution in [0.5, 0.6) is 0 Å². The molecule has 2 heteroatoms. The highest BCUT2D eigenvalue weighted by Gasteiger charge is 2.13. The minimum atomic E-state index is 0.532. The third-order valence-electron chi connectivity index (χ3n) is 1.49. The second kappa shape index (κ2) is 9.38. The lowest BCUT2D eigenvalue weighted by Crippen LogP contribution is -2.12. The summed E-state index contributed by atoms with van der Waals surface area (Å²) in [4.78, 5) is 8.38. The molecule has 0 aromatic heterocycles. The van der Waals surface area contributed by atoms with Gasteiger partial charge in [-0.1, -0.05) is 40.9 Å². The van der Waals surface area contributed by atoms with E-state index in [0.29, 0.717) is 6.67 Å². The van der Waals surface area contributed by atoms with E-state index in [-0.39, 0.29) is 0 Å². The number of allylic oxidation sites excluding steroid dienone is 2. The zero-order valence-electron chi connectivity index (χ0n) is 11.0. The molecule has 0 radical (unpaired) electrons. The molecule has 1 rings (SSSR count). The van der Waals surface area contributed by atoms with Gasteiger partial charge in [-0.2, -0.15) is 0 Å². The molecule has 0 saturated carbocycles. The van der Waals surface area contributed by atoms with Gasteiger partial charge in [0.2, 0.25) is 0 Å². The van der Waals surface area contributed by atoms with Crippen LogP contribution in [0.25, 0.3) is 0 Å². The third kappa shape index (κ3) is 5.31. The Hall–Kier alpha value is -1.18. The summed E-state index contributed by atoms with van der Waals surface area (Å²) in [6.45, 7) is 20.0. The molecule has 0 bridgehead atoms. The molecule has 0 saturated heterocycles. The summed E-state index contributed by atoms with van der Waals surface area (Å²) in [5.74, 6) is 0. The molecule has 86 valence electrons. The fourth-order valence-electron chi connectivity index (χ4n) is 1.00. The van der Waals surface area contributed by atoms with E-state index in [2.05, 4.69) is 23.1 Å². The number of hydrogen-bond acceptors (Lipinski definition) is 2. The first-order valence-corrected chi connectivity index (χ1v) is 5.54.